The van der Waals surface area contributed by atoms with E-state index in [4.69, 9.17) is 10.2 Å². The summed E-state index contributed by atoms with van der Waals surface area (Å²) in [5, 5.41) is 19.9. The summed E-state index contributed by atoms with van der Waals surface area (Å²) in [5.74, 6) is -3.25. The Morgan fingerprint density at radius 1 is 1.04 bits per heavy atom. The lowest BCUT2D eigenvalue weighted by atomic mass is 10.1. The first-order valence-electron chi connectivity index (χ1n) is 8.44. The van der Waals surface area contributed by atoms with Gasteiger partial charge in [-0.25, -0.2) is 4.79 Å². The van der Waals surface area contributed by atoms with Crippen molar-refractivity contribution >= 4 is 17.8 Å². The Labute approximate surface area is 147 Å². The summed E-state index contributed by atoms with van der Waals surface area (Å²) >= 11 is 0. The average Bonchev–Trinajstić information content (AvgIpc) is 2.54. The molecule has 25 heavy (non-hydrogen) atoms. The van der Waals surface area contributed by atoms with Gasteiger partial charge >= 0.3 is 11.9 Å². The van der Waals surface area contributed by atoms with Crippen LogP contribution < -0.4 is 5.32 Å². The molecule has 0 aromatic heterocycles. The molecule has 0 saturated heterocycles. The summed E-state index contributed by atoms with van der Waals surface area (Å²) in [6.45, 7) is 7.07. The van der Waals surface area contributed by atoms with Gasteiger partial charge < -0.3 is 15.5 Å². The molecule has 138 valence electrons. The van der Waals surface area contributed by atoms with Crippen LogP contribution in [0.3, 0.4) is 0 Å². The van der Waals surface area contributed by atoms with E-state index in [9.17, 15) is 14.4 Å². The van der Waals surface area contributed by atoms with Crippen molar-refractivity contribution in [2.75, 3.05) is 13.1 Å². The third kappa shape index (κ3) is 7.34. The minimum Gasteiger partial charge on any atom is -0.481 e. The number of rotatable bonds is 11. The Morgan fingerprint density at radius 2 is 1.60 bits per heavy atom. The van der Waals surface area contributed by atoms with Gasteiger partial charge in [-0.05, 0) is 43.6 Å². The average molecular weight is 350 g/mol. The van der Waals surface area contributed by atoms with Crippen molar-refractivity contribution in [3.63, 3.8) is 0 Å². The highest BCUT2D eigenvalue weighted by atomic mass is 16.4. The van der Waals surface area contributed by atoms with E-state index < -0.39 is 30.3 Å². The number of nitrogens with one attached hydrogen (secondary N) is 1. The Hall–Kier alpha value is -2.41. The molecule has 1 rings (SSSR count). The highest BCUT2D eigenvalue weighted by Gasteiger charge is 2.23. The van der Waals surface area contributed by atoms with Gasteiger partial charge in [-0.3, -0.25) is 14.5 Å². The molecule has 0 saturated carbocycles. The lowest BCUT2D eigenvalue weighted by Crippen LogP contribution is -2.42. The highest BCUT2D eigenvalue weighted by Crippen LogP contribution is 2.09. The number of carbonyl (C=O) groups is 3. The normalized spacial score (nSPS) is 12.0. The molecular weight excluding hydrogens is 324 g/mol. The zero-order chi connectivity index (χ0) is 18.8. The van der Waals surface area contributed by atoms with Crippen LogP contribution in [0.25, 0.3) is 0 Å². The molecule has 0 aliphatic rings. The van der Waals surface area contributed by atoms with Crippen molar-refractivity contribution in [3.8, 4) is 0 Å². The number of nitrogens with zero attached hydrogens (tertiary/aromatic N) is 1. The lowest BCUT2D eigenvalue weighted by molar-refractivity contribution is -0.145. The van der Waals surface area contributed by atoms with Crippen LogP contribution in [0.15, 0.2) is 24.3 Å². The van der Waals surface area contributed by atoms with Crippen molar-refractivity contribution in [2.24, 2.45) is 0 Å². The van der Waals surface area contributed by atoms with Crippen molar-refractivity contribution in [1.82, 2.24) is 10.2 Å². The third-order valence-electron chi connectivity index (χ3n) is 3.68. The van der Waals surface area contributed by atoms with E-state index in [-0.39, 0.29) is 0 Å². The quantitative estimate of drug-likeness (QED) is 0.563. The first-order valence-corrected chi connectivity index (χ1v) is 8.44. The van der Waals surface area contributed by atoms with Gasteiger partial charge in [-0.2, -0.15) is 0 Å². The van der Waals surface area contributed by atoms with Crippen molar-refractivity contribution in [2.45, 2.75) is 45.7 Å². The van der Waals surface area contributed by atoms with E-state index >= 15 is 0 Å². The molecule has 0 fully saturated rings. The molecule has 7 heteroatoms. The molecule has 1 aromatic rings. The fourth-order valence-corrected chi connectivity index (χ4v) is 2.54. The second-order valence-electron chi connectivity index (χ2n) is 5.94. The van der Waals surface area contributed by atoms with E-state index in [1.165, 1.54) is 0 Å². The molecule has 1 unspecified atom stereocenters. The molecule has 1 amide bonds. The number of hydrogen-bond donors (Lipinski definition) is 3. The number of carboxylic acids is 2. The van der Waals surface area contributed by atoms with Crippen molar-refractivity contribution in [3.05, 3.63) is 35.4 Å². The molecule has 1 aromatic carbocycles. The van der Waals surface area contributed by atoms with Gasteiger partial charge in [-0.1, -0.05) is 26.0 Å². The second-order valence-corrected chi connectivity index (χ2v) is 5.94. The van der Waals surface area contributed by atoms with Crippen molar-refractivity contribution < 1.29 is 24.6 Å². The number of benzene rings is 1. The van der Waals surface area contributed by atoms with Gasteiger partial charge in [-0.15, -0.1) is 0 Å². The van der Waals surface area contributed by atoms with Crippen LogP contribution in [0.5, 0.6) is 0 Å². The van der Waals surface area contributed by atoms with E-state index in [0.29, 0.717) is 5.56 Å². The first-order chi connectivity index (χ1) is 11.9. The van der Waals surface area contributed by atoms with Crippen LogP contribution >= 0.6 is 0 Å². The Kier molecular flexibility index (Phi) is 8.63. The molecule has 0 aliphatic heterocycles. The van der Waals surface area contributed by atoms with Crippen LogP contribution in [-0.2, 0) is 16.1 Å². The van der Waals surface area contributed by atoms with Crippen LogP contribution in [0.1, 0.15) is 49.0 Å². The summed E-state index contributed by atoms with van der Waals surface area (Å²) in [7, 11) is 0. The molecule has 3 N–H and O–H groups in total. The summed E-state index contributed by atoms with van der Waals surface area (Å²) in [4.78, 5) is 36.1. The Morgan fingerprint density at radius 3 is 2.04 bits per heavy atom. The third-order valence-corrected chi connectivity index (χ3v) is 3.68. The molecule has 0 radical (unpaired) electrons. The number of carbonyl (C=O) groups excluding carboxylic acids is 1. The number of carboxylic acid groups (broad SMARTS) is 2. The highest BCUT2D eigenvalue weighted by molar-refractivity contribution is 5.97. The standard InChI is InChI=1S/C18H26N2O5/c1-3-9-20(10-4-2)12-13-5-7-14(8-6-13)17(23)19-15(18(24)25)11-16(21)22/h5-8,15H,3-4,9-12H2,1-2H3,(H,19,23)(H,21,22)(H,24,25). The van der Waals surface area contributed by atoms with Crippen molar-refractivity contribution in [1.29, 1.82) is 0 Å². The number of amides is 1. The summed E-state index contributed by atoms with van der Waals surface area (Å²) < 4.78 is 0. The van der Waals surface area contributed by atoms with Crippen LogP contribution in [0, 0.1) is 0 Å². The van der Waals surface area contributed by atoms with Gasteiger partial charge in [0.05, 0.1) is 6.42 Å². The SMILES string of the molecule is CCCN(CCC)Cc1ccc(C(=O)NC(CC(=O)O)C(=O)O)cc1. The van der Waals surface area contributed by atoms with Crippen LogP contribution in [-0.4, -0.2) is 52.1 Å². The van der Waals surface area contributed by atoms with E-state index in [1.54, 1.807) is 12.1 Å². The van der Waals surface area contributed by atoms with Gasteiger partial charge in [0.15, 0.2) is 0 Å². The minimum atomic E-state index is -1.45. The summed E-state index contributed by atoms with van der Waals surface area (Å²) in [6.07, 6.45) is 1.48. The summed E-state index contributed by atoms with van der Waals surface area (Å²) in [6, 6.07) is 5.47. The zero-order valence-corrected chi connectivity index (χ0v) is 14.7. The lowest BCUT2D eigenvalue weighted by Gasteiger charge is -2.21. The molecular formula is C18H26N2O5. The maximum Gasteiger partial charge on any atom is 0.326 e. The zero-order valence-electron chi connectivity index (χ0n) is 14.7. The molecule has 0 spiro atoms. The molecule has 7 nitrogen and oxygen atoms in total. The summed E-state index contributed by atoms with van der Waals surface area (Å²) in [5.41, 5.74) is 1.37. The Balaban J connectivity index is 2.72. The van der Waals surface area contributed by atoms with E-state index in [1.807, 2.05) is 12.1 Å². The smallest absolute Gasteiger partial charge is 0.326 e. The van der Waals surface area contributed by atoms with E-state index in [0.717, 1.165) is 38.0 Å². The Bertz CT molecular complexity index is 580. The van der Waals surface area contributed by atoms with Gasteiger partial charge in [0.2, 0.25) is 0 Å². The molecule has 1 atom stereocenters. The van der Waals surface area contributed by atoms with Crippen LogP contribution in [0.4, 0.5) is 0 Å². The fraction of sp³-hybridized carbons (Fsp3) is 0.500. The molecule has 0 aliphatic carbocycles. The largest absolute Gasteiger partial charge is 0.481 e. The number of hydrogen-bond acceptors (Lipinski definition) is 4. The second kappa shape index (κ2) is 10.5. The maximum absolute atomic E-state index is 12.1. The van der Waals surface area contributed by atoms with E-state index in [2.05, 4.69) is 24.1 Å². The predicted octanol–water partition coefficient (Wildman–Crippen LogP) is 1.97. The number of aliphatic carboxylic acids is 2. The van der Waals surface area contributed by atoms with Gasteiger partial charge in [0.1, 0.15) is 6.04 Å². The monoisotopic (exact) mass is 350 g/mol. The maximum atomic E-state index is 12.1. The molecule has 0 bridgehead atoms. The minimum absolute atomic E-state index is 0.304. The van der Waals surface area contributed by atoms with Gasteiger partial charge in [0, 0.05) is 12.1 Å². The topological polar surface area (TPSA) is 107 Å². The van der Waals surface area contributed by atoms with Gasteiger partial charge in [0.25, 0.3) is 5.91 Å². The fourth-order valence-electron chi connectivity index (χ4n) is 2.54. The van der Waals surface area contributed by atoms with Crippen LogP contribution in [0.2, 0.25) is 0 Å². The molecule has 0 heterocycles. The first kappa shape index (κ1) is 20.6. The predicted molar refractivity (Wildman–Crippen MR) is 93.4 cm³/mol.